The van der Waals surface area contributed by atoms with E-state index in [9.17, 15) is 29.0 Å². The number of hydrogen-bond acceptors (Lipinski definition) is 9. The Morgan fingerprint density at radius 3 is 2.83 bits per heavy atom. The molecule has 46 heavy (non-hydrogen) atoms. The standard InChI is InChI=1S/C19H21NO4.C15H14FN3O3/c1-2-8-20-9-7-18-15-11-3-4-12(21)16(15)24-17(18)13(22)5-6-19(18,23)14(20)10-11;1-3-22-15(21)13-12-7-18(2)14(20)10-6-9(16)4-5-11(10)19(12)8-17-13/h2-4,14,17,21,23H,1,5-10H2;4-6,8H,3,7H2,1-2H3/t14-,17+,18+,19-;/m1./s1. The molecule has 12 heteroatoms. The first kappa shape index (κ1) is 30.1. The van der Waals surface area contributed by atoms with Crippen LogP contribution in [-0.4, -0.2) is 91.7 Å². The molecule has 0 radical (unpaired) electrons. The van der Waals surface area contributed by atoms with Crippen molar-refractivity contribution in [1.29, 1.82) is 0 Å². The molecule has 1 saturated carbocycles. The quantitative estimate of drug-likeness (QED) is 0.330. The van der Waals surface area contributed by atoms with E-state index < -0.39 is 28.9 Å². The van der Waals surface area contributed by atoms with Crippen molar-refractivity contribution in [3.05, 3.63) is 83.2 Å². The molecule has 5 aliphatic rings. The van der Waals surface area contributed by atoms with Crippen LogP contribution in [-0.2, 0) is 27.9 Å². The van der Waals surface area contributed by atoms with Crippen LogP contribution >= 0.6 is 0 Å². The Morgan fingerprint density at radius 2 is 2.07 bits per heavy atom. The van der Waals surface area contributed by atoms with Crippen molar-refractivity contribution in [3.8, 4) is 17.2 Å². The minimum absolute atomic E-state index is 0.0408. The molecule has 1 spiro atoms. The number of ketones is 1. The predicted molar refractivity (Wildman–Crippen MR) is 163 cm³/mol. The molecular weight excluding hydrogens is 595 g/mol. The first-order chi connectivity index (χ1) is 22.0. The number of ether oxygens (including phenoxy) is 2. The van der Waals surface area contributed by atoms with E-state index in [1.807, 2.05) is 12.1 Å². The van der Waals surface area contributed by atoms with Gasteiger partial charge in [-0.2, -0.15) is 0 Å². The van der Waals surface area contributed by atoms with E-state index >= 15 is 0 Å². The molecule has 240 valence electrons. The molecule has 8 rings (SSSR count). The second kappa shape index (κ2) is 10.8. The first-order valence-corrected chi connectivity index (χ1v) is 15.5. The number of carbonyl (C=O) groups is 3. The fourth-order valence-corrected chi connectivity index (χ4v) is 8.29. The molecule has 1 amide bonds. The van der Waals surface area contributed by atoms with E-state index in [-0.39, 0.29) is 47.9 Å². The van der Waals surface area contributed by atoms with Crippen LogP contribution in [0.2, 0.25) is 0 Å². The minimum Gasteiger partial charge on any atom is -0.504 e. The Hall–Kier alpha value is -4.55. The molecule has 1 aromatic heterocycles. The van der Waals surface area contributed by atoms with Crippen LogP contribution in [0.25, 0.3) is 5.69 Å². The van der Waals surface area contributed by atoms with Crippen LogP contribution in [0.3, 0.4) is 0 Å². The molecule has 2 fully saturated rings. The molecule has 2 aliphatic carbocycles. The number of aromatic hydroxyl groups is 1. The molecule has 11 nitrogen and oxygen atoms in total. The molecule has 2 bridgehead atoms. The number of nitrogens with zero attached hydrogens (tertiary/aromatic N) is 4. The molecule has 4 atom stereocenters. The number of imidazole rings is 1. The van der Waals surface area contributed by atoms with Gasteiger partial charge in [-0.05, 0) is 56.0 Å². The second-order valence-electron chi connectivity index (χ2n) is 12.5. The number of phenolic OH excluding ortho intramolecular Hbond substituents is 1. The second-order valence-corrected chi connectivity index (χ2v) is 12.5. The SMILES string of the molecule is C=CCN1CC[C@]23c4c5ccc(O)c4O[C@H]2C(=O)CC[C@@]3(O)[C@H]1C5.CCOC(=O)c1ncn2c1CN(C)C(=O)c1cc(F)ccc1-2. The maximum atomic E-state index is 13.5. The Labute approximate surface area is 264 Å². The van der Waals surface area contributed by atoms with Crippen LogP contribution in [0.15, 0.2) is 49.3 Å². The number of hydrogen-bond donors (Lipinski definition) is 2. The third-order valence-electron chi connectivity index (χ3n) is 10.2. The van der Waals surface area contributed by atoms with Gasteiger partial charge in [-0.15, -0.1) is 6.58 Å². The zero-order chi connectivity index (χ0) is 32.5. The van der Waals surface area contributed by atoms with E-state index in [1.54, 1.807) is 24.6 Å². The smallest absolute Gasteiger partial charge is 0.358 e. The summed E-state index contributed by atoms with van der Waals surface area (Å²) in [6.45, 7) is 7.49. The Kier molecular flexibility index (Phi) is 7.05. The number of likely N-dealkylation sites (tertiary alicyclic amines) is 1. The van der Waals surface area contributed by atoms with Gasteiger partial charge in [0.2, 0.25) is 0 Å². The van der Waals surface area contributed by atoms with Crippen molar-refractivity contribution >= 4 is 17.7 Å². The van der Waals surface area contributed by atoms with Gasteiger partial charge in [0.25, 0.3) is 5.91 Å². The predicted octanol–water partition coefficient (Wildman–Crippen LogP) is 3.08. The lowest BCUT2D eigenvalue weighted by molar-refractivity contribution is -0.187. The average Bonchev–Trinajstić information content (AvgIpc) is 3.59. The first-order valence-electron chi connectivity index (χ1n) is 15.5. The number of benzene rings is 2. The Morgan fingerprint density at radius 1 is 1.26 bits per heavy atom. The number of aromatic nitrogens is 2. The van der Waals surface area contributed by atoms with Gasteiger partial charge in [0, 0.05) is 38.2 Å². The maximum absolute atomic E-state index is 13.5. The molecular formula is C34H35FN4O7. The summed E-state index contributed by atoms with van der Waals surface area (Å²) >= 11 is 0. The number of halogens is 1. The monoisotopic (exact) mass is 630 g/mol. The zero-order valence-corrected chi connectivity index (χ0v) is 25.7. The summed E-state index contributed by atoms with van der Waals surface area (Å²) < 4.78 is 26.1. The van der Waals surface area contributed by atoms with Crippen molar-refractivity contribution in [2.75, 3.05) is 26.7 Å². The Bertz CT molecular complexity index is 1810. The molecule has 4 heterocycles. The van der Waals surface area contributed by atoms with Crippen LogP contribution < -0.4 is 4.74 Å². The fourth-order valence-electron chi connectivity index (χ4n) is 8.29. The molecule has 0 unspecified atom stereocenters. The topological polar surface area (TPSA) is 134 Å². The number of fused-ring (bicyclic) bond motifs is 3. The highest BCUT2D eigenvalue weighted by Gasteiger charge is 2.73. The highest BCUT2D eigenvalue weighted by molar-refractivity contribution is 5.99. The summed E-state index contributed by atoms with van der Waals surface area (Å²) in [5.74, 6) is -0.814. The molecule has 3 aliphatic heterocycles. The summed E-state index contributed by atoms with van der Waals surface area (Å²) in [6.07, 6.45) is 4.80. The molecule has 3 aromatic rings. The van der Waals surface area contributed by atoms with Crippen LogP contribution in [0.4, 0.5) is 4.39 Å². The summed E-state index contributed by atoms with van der Waals surface area (Å²) in [6, 6.07) is 7.47. The molecule has 2 aromatic carbocycles. The van der Waals surface area contributed by atoms with E-state index in [1.165, 1.54) is 29.4 Å². The van der Waals surface area contributed by atoms with Gasteiger partial charge < -0.3 is 24.6 Å². The minimum atomic E-state index is -1.00. The summed E-state index contributed by atoms with van der Waals surface area (Å²) in [5.41, 5.74) is 1.69. The van der Waals surface area contributed by atoms with Crippen LogP contribution in [0, 0.1) is 5.82 Å². The summed E-state index contributed by atoms with van der Waals surface area (Å²) in [5, 5.41) is 22.1. The van der Waals surface area contributed by atoms with E-state index in [0.29, 0.717) is 42.8 Å². The van der Waals surface area contributed by atoms with Crippen molar-refractivity contribution in [1.82, 2.24) is 19.4 Å². The largest absolute Gasteiger partial charge is 0.504 e. The number of aliphatic hydroxyl groups is 1. The summed E-state index contributed by atoms with van der Waals surface area (Å²) in [7, 11) is 1.59. The van der Waals surface area contributed by atoms with Crippen molar-refractivity contribution in [3.63, 3.8) is 0 Å². The van der Waals surface area contributed by atoms with Gasteiger partial charge in [-0.1, -0.05) is 12.1 Å². The number of carbonyl (C=O) groups excluding carboxylic acids is 3. The average molecular weight is 631 g/mol. The highest BCUT2D eigenvalue weighted by atomic mass is 19.1. The number of piperidine rings is 1. The lowest BCUT2D eigenvalue weighted by Gasteiger charge is -2.62. The van der Waals surface area contributed by atoms with Gasteiger partial charge in [0.05, 0.1) is 41.1 Å². The number of amides is 1. The van der Waals surface area contributed by atoms with Gasteiger partial charge >= 0.3 is 5.97 Å². The third kappa shape index (κ3) is 4.09. The van der Waals surface area contributed by atoms with Crippen molar-refractivity contribution in [2.45, 2.75) is 62.3 Å². The molecule has 1 saturated heterocycles. The lowest BCUT2D eigenvalue weighted by atomic mass is 9.49. The maximum Gasteiger partial charge on any atom is 0.358 e. The Balaban J connectivity index is 0.000000148. The number of Topliss-reactive ketones (excluding diaryl/α,β-unsaturated/α-hetero) is 1. The lowest BCUT2D eigenvalue weighted by Crippen LogP contribution is -2.76. The van der Waals surface area contributed by atoms with Gasteiger partial charge in [-0.25, -0.2) is 14.2 Å². The van der Waals surface area contributed by atoms with E-state index in [4.69, 9.17) is 9.47 Å². The van der Waals surface area contributed by atoms with Crippen molar-refractivity contribution < 1.29 is 38.5 Å². The number of esters is 1. The third-order valence-corrected chi connectivity index (χ3v) is 10.2. The van der Waals surface area contributed by atoms with Gasteiger partial charge in [-0.3, -0.25) is 19.1 Å². The normalized spacial score (nSPS) is 26.9. The highest BCUT2D eigenvalue weighted by Crippen LogP contribution is 2.64. The van der Waals surface area contributed by atoms with E-state index in [2.05, 4.69) is 16.5 Å². The van der Waals surface area contributed by atoms with Gasteiger partial charge in [0.1, 0.15) is 12.1 Å². The van der Waals surface area contributed by atoms with Crippen molar-refractivity contribution in [2.24, 2.45) is 0 Å². The fraction of sp³-hybridized carbons (Fsp3) is 0.412. The number of rotatable bonds is 4. The number of phenols is 1. The van der Waals surface area contributed by atoms with Crippen LogP contribution in [0.5, 0.6) is 11.5 Å². The zero-order valence-electron chi connectivity index (χ0n) is 25.7. The van der Waals surface area contributed by atoms with E-state index in [0.717, 1.165) is 24.2 Å². The van der Waals surface area contributed by atoms with Gasteiger partial charge in [0.15, 0.2) is 29.1 Å². The van der Waals surface area contributed by atoms with Crippen LogP contribution in [0.1, 0.15) is 63.9 Å². The summed E-state index contributed by atoms with van der Waals surface area (Å²) in [4.78, 5) is 44.8. The molecule has 2 N–H and O–H groups in total.